The van der Waals surface area contributed by atoms with E-state index in [-0.39, 0.29) is 11.6 Å². The maximum absolute atomic E-state index is 13.6. The summed E-state index contributed by atoms with van der Waals surface area (Å²) in [6.07, 6.45) is 0. The van der Waals surface area contributed by atoms with Crippen LogP contribution in [0.15, 0.2) is 42.5 Å². The highest BCUT2D eigenvalue weighted by Crippen LogP contribution is 2.23. The summed E-state index contributed by atoms with van der Waals surface area (Å²) in [6, 6.07) is 12.2. The van der Waals surface area contributed by atoms with Crippen LogP contribution in [-0.4, -0.2) is 0 Å². The van der Waals surface area contributed by atoms with Crippen molar-refractivity contribution in [3.63, 3.8) is 0 Å². The summed E-state index contributed by atoms with van der Waals surface area (Å²) in [5.74, 6) is 0.572. The largest absolute Gasteiger partial charge is 0.488 e. The average molecular weight is 285 g/mol. The normalized spacial score (nSPS) is 10.4. The van der Waals surface area contributed by atoms with Crippen LogP contribution in [0.5, 0.6) is 5.75 Å². The average Bonchev–Trinajstić information content (AvgIpc) is 2.41. The van der Waals surface area contributed by atoms with Gasteiger partial charge < -0.3 is 4.74 Å². The van der Waals surface area contributed by atoms with Crippen molar-refractivity contribution < 1.29 is 9.13 Å². The molecule has 0 aliphatic heterocycles. The minimum atomic E-state index is -0.442. The first-order chi connectivity index (χ1) is 8.72. The first-order valence-corrected chi connectivity index (χ1v) is 6.33. The van der Waals surface area contributed by atoms with Crippen molar-refractivity contribution in [1.29, 1.82) is 0 Å². The Labute approximate surface area is 115 Å². The molecule has 0 heterocycles. The van der Waals surface area contributed by atoms with E-state index in [1.807, 2.05) is 18.2 Å². The van der Waals surface area contributed by atoms with Gasteiger partial charge in [-0.25, -0.2) is 4.39 Å². The zero-order valence-corrected chi connectivity index (χ0v) is 11.0. The summed E-state index contributed by atoms with van der Waals surface area (Å²) in [4.78, 5) is 0. The number of halogens is 3. The second kappa shape index (κ2) is 6.07. The minimum Gasteiger partial charge on any atom is -0.488 e. The van der Waals surface area contributed by atoms with Crippen molar-refractivity contribution in [3.05, 3.63) is 64.4 Å². The molecule has 2 aromatic rings. The second-order valence-electron chi connectivity index (χ2n) is 3.74. The van der Waals surface area contributed by atoms with Crippen LogP contribution in [0, 0.1) is 5.82 Å². The molecule has 2 rings (SSSR count). The predicted molar refractivity (Wildman–Crippen MR) is 71.7 cm³/mol. The molecule has 0 aromatic heterocycles. The van der Waals surface area contributed by atoms with Gasteiger partial charge in [0.25, 0.3) is 0 Å². The quantitative estimate of drug-likeness (QED) is 0.733. The van der Waals surface area contributed by atoms with Gasteiger partial charge in [-0.3, -0.25) is 0 Å². The molecule has 0 unspecified atom stereocenters. The zero-order chi connectivity index (χ0) is 13.0. The summed E-state index contributed by atoms with van der Waals surface area (Å²) in [6.45, 7) is 0.125. The number of rotatable bonds is 4. The molecule has 0 amide bonds. The van der Waals surface area contributed by atoms with Crippen LogP contribution in [-0.2, 0) is 12.5 Å². The summed E-state index contributed by atoms with van der Waals surface area (Å²) in [5.41, 5.74) is 1.30. The van der Waals surface area contributed by atoms with Gasteiger partial charge in [0.15, 0.2) is 0 Å². The van der Waals surface area contributed by atoms with E-state index in [1.165, 1.54) is 6.07 Å². The number of hydrogen-bond acceptors (Lipinski definition) is 1. The molecule has 4 heteroatoms. The lowest BCUT2D eigenvalue weighted by Gasteiger charge is -2.10. The van der Waals surface area contributed by atoms with E-state index < -0.39 is 5.82 Å². The fourth-order valence-corrected chi connectivity index (χ4v) is 1.99. The minimum absolute atomic E-state index is 0.0988. The van der Waals surface area contributed by atoms with Crippen LogP contribution >= 0.6 is 23.2 Å². The van der Waals surface area contributed by atoms with Crippen molar-refractivity contribution in [2.45, 2.75) is 12.5 Å². The van der Waals surface area contributed by atoms with Crippen LogP contribution in [0.1, 0.15) is 11.1 Å². The van der Waals surface area contributed by atoms with E-state index >= 15 is 0 Å². The fraction of sp³-hybridized carbons (Fsp3) is 0.143. The van der Waals surface area contributed by atoms with Crippen molar-refractivity contribution in [3.8, 4) is 5.75 Å². The number of hydrogen-bond donors (Lipinski definition) is 0. The molecule has 18 heavy (non-hydrogen) atoms. The molecule has 94 valence electrons. The van der Waals surface area contributed by atoms with Crippen LogP contribution in [0.25, 0.3) is 0 Å². The number of para-hydroxylation sites is 1. The summed E-state index contributed by atoms with van der Waals surface area (Å²) < 4.78 is 19.2. The van der Waals surface area contributed by atoms with Gasteiger partial charge in [0.2, 0.25) is 0 Å². The first-order valence-electron chi connectivity index (χ1n) is 5.42. The van der Waals surface area contributed by atoms with E-state index in [4.69, 9.17) is 27.9 Å². The Morgan fingerprint density at radius 1 is 1.00 bits per heavy atom. The SMILES string of the molecule is Fc1c(Cl)cccc1COc1ccccc1CCl. The first kappa shape index (κ1) is 13.2. The maximum atomic E-state index is 13.6. The van der Waals surface area contributed by atoms with Crippen molar-refractivity contribution >= 4 is 23.2 Å². The molecule has 2 aromatic carbocycles. The molecule has 0 N–H and O–H groups in total. The third kappa shape index (κ3) is 2.95. The van der Waals surface area contributed by atoms with Crippen LogP contribution in [0.4, 0.5) is 4.39 Å². The van der Waals surface area contributed by atoms with Crippen LogP contribution < -0.4 is 4.74 Å². The Bertz CT molecular complexity index is 543. The lowest BCUT2D eigenvalue weighted by molar-refractivity contribution is 0.297. The predicted octanol–water partition coefficient (Wildman–Crippen LogP) is 4.80. The Morgan fingerprint density at radius 3 is 2.50 bits per heavy atom. The Hall–Kier alpha value is -1.25. The van der Waals surface area contributed by atoms with Gasteiger partial charge in [-0.2, -0.15) is 0 Å². The molecule has 0 saturated carbocycles. The van der Waals surface area contributed by atoms with Gasteiger partial charge in [0, 0.05) is 11.1 Å². The molecule has 1 nitrogen and oxygen atoms in total. The Balaban J connectivity index is 2.14. The molecule has 0 spiro atoms. The lowest BCUT2D eigenvalue weighted by atomic mass is 10.2. The molecule has 0 aliphatic rings. The van der Waals surface area contributed by atoms with Crippen molar-refractivity contribution in [2.75, 3.05) is 0 Å². The van der Waals surface area contributed by atoms with E-state index in [2.05, 4.69) is 0 Å². The molecule has 0 radical (unpaired) electrons. The third-order valence-electron chi connectivity index (χ3n) is 2.53. The molecular formula is C14H11Cl2FO. The van der Waals surface area contributed by atoms with E-state index in [0.717, 1.165) is 5.56 Å². The zero-order valence-electron chi connectivity index (χ0n) is 9.50. The lowest BCUT2D eigenvalue weighted by Crippen LogP contribution is -2.00. The number of benzene rings is 2. The molecule has 0 fully saturated rings. The smallest absolute Gasteiger partial charge is 0.148 e. The van der Waals surface area contributed by atoms with Gasteiger partial charge in [0.1, 0.15) is 18.2 Å². The second-order valence-corrected chi connectivity index (χ2v) is 4.42. The van der Waals surface area contributed by atoms with Gasteiger partial charge in [-0.1, -0.05) is 41.9 Å². The van der Waals surface area contributed by atoms with Gasteiger partial charge in [-0.15, -0.1) is 11.6 Å². The van der Waals surface area contributed by atoms with Crippen molar-refractivity contribution in [1.82, 2.24) is 0 Å². The molecule has 0 aliphatic carbocycles. The summed E-state index contributed by atoms with van der Waals surface area (Å²) >= 11 is 11.5. The Kier molecular flexibility index (Phi) is 4.45. The van der Waals surface area contributed by atoms with Crippen LogP contribution in [0.3, 0.4) is 0 Å². The standard InChI is InChI=1S/C14H11Cl2FO/c15-8-10-4-1-2-7-13(10)18-9-11-5-3-6-12(16)14(11)17/h1-7H,8-9H2. The monoisotopic (exact) mass is 284 g/mol. The molecular weight excluding hydrogens is 274 g/mol. The van der Waals surface area contributed by atoms with Gasteiger partial charge in [-0.05, 0) is 12.1 Å². The highest BCUT2D eigenvalue weighted by Gasteiger charge is 2.08. The van der Waals surface area contributed by atoms with Crippen molar-refractivity contribution in [2.24, 2.45) is 0 Å². The molecule has 0 atom stereocenters. The summed E-state index contributed by atoms with van der Waals surface area (Å²) in [5, 5.41) is 0.0988. The highest BCUT2D eigenvalue weighted by atomic mass is 35.5. The van der Waals surface area contributed by atoms with E-state index in [9.17, 15) is 4.39 Å². The topological polar surface area (TPSA) is 9.23 Å². The van der Waals surface area contributed by atoms with E-state index in [0.29, 0.717) is 17.2 Å². The van der Waals surface area contributed by atoms with Gasteiger partial charge in [0.05, 0.1) is 10.9 Å². The maximum Gasteiger partial charge on any atom is 0.148 e. The number of ether oxygens (including phenoxy) is 1. The fourth-order valence-electron chi connectivity index (χ4n) is 1.57. The Morgan fingerprint density at radius 2 is 1.72 bits per heavy atom. The molecule has 0 bridgehead atoms. The number of alkyl halides is 1. The van der Waals surface area contributed by atoms with Gasteiger partial charge >= 0.3 is 0 Å². The molecule has 0 saturated heterocycles. The third-order valence-corrected chi connectivity index (χ3v) is 3.11. The summed E-state index contributed by atoms with van der Waals surface area (Å²) in [7, 11) is 0. The highest BCUT2D eigenvalue weighted by molar-refractivity contribution is 6.30. The van der Waals surface area contributed by atoms with E-state index in [1.54, 1.807) is 18.2 Å². The van der Waals surface area contributed by atoms with Crippen LogP contribution in [0.2, 0.25) is 5.02 Å².